The summed E-state index contributed by atoms with van der Waals surface area (Å²) in [5.41, 5.74) is 5.93. The van der Waals surface area contributed by atoms with E-state index in [2.05, 4.69) is 0 Å². The van der Waals surface area contributed by atoms with Gasteiger partial charge in [0.15, 0.2) is 0 Å². The number of hydrogen-bond donors (Lipinski definition) is 1. The molecule has 0 aliphatic carbocycles. The van der Waals surface area contributed by atoms with E-state index in [1.54, 1.807) is 12.1 Å². The van der Waals surface area contributed by atoms with Crippen LogP contribution in [0.25, 0.3) is 0 Å². The number of nitrogens with two attached hydrogens (primary N) is 1. The number of halogens is 1. The van der Waals surface area contributed by atoms with Gasteiger partial charge in [0, 0.05) is 5.02 Å². The number of benzene rings is 1. The minimum Gasteiger partial charge on any atom is -0.399 e. The van der Waals surface area contributed by atoms with Crippen LogP contribution in [0.4, 0.5) is 0 Å². The van der Waals surface area contributed by atoms with E-state index in [0.29, 0.717) is 10.6 Å². The van der Waals surface area contributed by atoms with Crippen molar-refractivity contribution in [3.05, 3.63) is 28.8 Å². The molecule has 0 saturated carbocycles. The Labute approximate surface area is 124 Å². The van der Waals surface area contributed by atoms with E-state index in [0.717, 1.165) is 5.46 Å². The lowest BCUT2D eigenvalue weighted by Crippen LogP contribution is -2.41. The molecule has 2 rings (SSSR count). The fraction of sp³-hybridized carbons (Fsp3) is 0.500. The van der Waals surface area contributed by atoms with Gasteiger partial charge in [-0.3, -0.25) is 4.79 Å². The van der Waals surface area contributed by atoms with E-state index in [1.807, 2.05) is 33.8 Å². The Balaban J connectivity index is 2.24. The van der Waals surface area contributed by atoms with E-state index >= 15 is 0 Å². The molecule has 6 heteroatoms. The molecule has 1 heterocycles. The van der Waals surface area contributed by atoms with Crippen molar-refractivity contribution in [2.24, 2.45) is 5.73 Å². The maximum absolute atomic E-state index is 10.9. The molecule has 1 aromatic rings. The third-order valence-electron chi connectivity index (χ3n) is 3.97. The summed E-state index contributed by atoms with van der Waals surface area (Å²) in [6.07, 6.45) is 0.127. The van der Waals surface area contributed by atoms with E-state index < -0.39 is 24.2 Å². The highest BCUT2D eigenvalue weighted by Gasteiger charge is 2.51. The second kappa shape index (κ2) is 5.06. The summed E-state index contributed by atoms with van der Waals surface area (Å²) in [6.45, 7) is 7.98. The van der Waals surface area contributed by atoms with Crippen molar-refractivity contribution in [1.29, 1.82) is 0 Å². The van der Waals surface area contributed by atoms with Gasteiger partial charge in [-0.25, -0.2) is 0 Å². The first-order valence-electron chi connectivity index (χ1n) is 6.55. The molecule has 4 nitrogen and oxygen atoms in total. The van der Waals surface area contributed by atoms with Crippen molar-refractivity contribution in [3.8, 4) is 0 Å². The van der Waals surface area contributed by atoms with Gasteiger partial charge in [-0.2, -0.15) is 0 Å². The van der Waals surface area contributed by atoms with E-state index in [-0.39, 0.29) is 6.42 Å². The zero-order valence-electron chi connectivity index (χ0n) is 12.2. The van der Waals surface area contributed by atoms with Crippen LogP contribution in [0.1, 0.15) is 33.3 Å². The van der Waals surface area contributed by atoms with Crippen LogP contribution in [0, 0.1) is 0 Å². The summed E-state index contributed by atoms with van der Waals surface area (Å²) >= 11 is 6.18. The molecule has 1 aliphatic rings. The fourth-order valence-electron chi connectivity index (χ4n) is 2.02. The Hall–Kier alpha value is -1.04. The summed E-state index contributed by atoms with van der Waals surface area (Å²) in [5, 5.41) is 0.496. The van der Waals surface area contributed by atoms with Gasteiger partial charge in [0.2, 0.25) is 5.91 Å². The first-order valence-corrected chi connectivity index (χ1v) is 6.92. The highest BCUT2D eigenvalue weighted by Crippen LogP contribution is 2.36. The Morgan fingerprint density at radius 1 is 1.25 bits per heavy atom. The van der Waals surface area contributed by atoms with Crippen LogP contribution in [0.3, 0.4) is 0 Å². The van der Waals surface area contributed by atoms with E-state index in [9.17, 15) is 4.79 Å². The zero-order chi connectivity index (χ0) is 15.1. The molecule has 0 bridgehead atoms. The maximum Gasteiger partial charge on any atom is 0.494 e. The van der Waals surface area contributed by atoms with Gasteiger partial charge in [-0.05, 0) is 44.8 Å². The summed E-state index contributed by atoms with van der Waals surface area (Å²) in [5.74, 6) is -0.407. The summed E-state index contributed by atoms with van der Waals surface area (Å²) in [6, 6.07) is 5.40. The number of hydrogen-bond acceptors (Lipinski definition) is 3. The second-order valence-corrected chi connectivity index (χ2v) is 6.49. The molecule has 1 aliphatic heterocycles. The van der Waals surface area contributed by atoms with Gasteiger partial charge < -0.3 is 15.0 Å². The predicted molar refractivity (Wildman–Crippen MR) is 80.1 cm³/mol. The quantitative estimate of drug-likeness (QED) is 0.863. The molecular formula is C14H19BClNO3. The Morgan fingerprint density at radius 3 is 2.25 bits per heavy atom. The molecule has 1 aromatic carbocycles. The van der Waals surface area contributed by atoms with Crippen molar-refractivity contribution < 1.29 is 14.1 Å². The highest BCUT2D eigenvalue weighted by molar-refractivity contribution is 6.62. The van der Waals surface area contributed by atoms with Gasteiger partial charge in [-0.1, -0.05) is 23.7 Å². The minimum atomic E-state index is -0.458. The summed E-state index contributed by atoms with van der Waals surface area (Å²) < 4.78 is 11.9. The van der Waals surface area contributed by atoms with Crippen molar-refractivity contribution in [2.75, 3.05) is 0 Å². The van der Waals surface area contributed by atoms with E-state index in [1.165, 1.54) is 0 Å². The van der Waals surface area contributed by atoms with Gasteiger partial charge in [0.05, 0.1) is 17.6 Å². The number of carbonyl (C=O) groups excluding carboxylic acids is 1. The Morgan fingerprint density at radius 2 is 1.80 bits per heavy atom. The largest absolute Gasteiger partial charge is 0.494 e. The molecule has 0 spiro atoms. The van der Waals surface area contributed by atoms with Gasteiger partial charge in [0.1, 0.15) is 0 Å². The van der Waals surface area contributed by atoms with Gasteiger partial charge >= 0.3 is 7.12 Å². The number of primary amides is 1. The lowest BCUT2D eigenvalue weighted by Gasteiger charge is -2.32. The van der Waals surface area contributed by atoms with Crippen LogP contribution in [-0.2, 0) is 20.5 Å². The Bertz CT molecular complexity index is 529. The first kappa shape index (κ1) is 15.4. The van der Waals surface area contributed by atoms with Crippen LogP contribution in [0.2, 0.25) is 5.02 Å². The standard InChI is InChI=1S/C14H19BClNO3/c1-13(2)14(3,4)20-15(19-13)10-6-5-9(7-12(17)18)11(16)8-10/h5-6,8H,7H2,1-4H3,(H2,17,18). The van der Waals surface area contributed by atoms with Crippen LogP contribution in [0.15, 0.2) is 18.2 Å². The lowest BCUT2D eigenvalue weighted by atomic mass is 9.78. The number of rotatable bonds is 3. The third-order valence-corrected chi connectivity index (χ3v) is 4.32. The SMILES string of the molecule is CC1(C)OB(c2ccc(CC(N)=O)c(Cl)c2)OC1(C)C. The monoisotopic (exact) mass is 295 g/mol. The average Bonchev–Trinajstić information content (AvgIpc) is 2.50. The lowest BCUT2D eigenvalue weighted by molar-refractivity contribution is -0.117. The number of carbonyl (C=O) groups is 1. The molecule has 0 unspecified atom stereocenters. The van der Waals surface area contributed by atoms with Crippen molar-refractivity contribution in [3.63, 3.8) is 0 Å². The highest BCUT2D eigenvalue weighted by atomic mass is 35.5. The molecule has 20 heavy (non-hydrogen) atoms. The van der Waals surface area contributed by atoms with Crippen molar-refractivity contribution in [1.82, 2.24) is 0 Å². The molecular weight excluding hydrogens is 276 g/mol. The van der Waals surface area contributed by atoms with Crippen LogP contribution in [-0.4, -0.2) is 24.2 Å². The molecule has 1 saturated heterocycles. The molecule has 0 aromatic heterocycles. The average molecular weight is 296 g/mol. The molecule has 0 atom stereocenters. The maximum atomic E-state index is 10.9. The molecule has 108 valence electrons. The molecule has 2 N–H and O–H groups in total. The summed E-state index contributed by atoms with van der Waals surface area (Å²) in [7, 11) is -0.458. The zero-order valence-corrected chi connectivity index (χ0v) is 13.0. The summed E-state index contributed by atoms with van der Waals surface area (Å²) in [4.78, 5) is 10.9. The predicted octanol–water partition coefficient (Wildman–Crippen LogP) is 1.67. The number of amides is 1. The van der Waals surface area contributed by atoms with Crippen molar-refractivity contribution >= 4 is 30.1 Å². The van der Waals surface area contributed by atoms with Crippen LogP contribution < -0.4 is 11.2 Å². The topological polar surface area (TPSA) is 61.5 Å². The van der Waals surface area contributed by atoms with Gasteiger partial charge in [-0.15, -0.1) is 0 Å². The smallest absolute Gasteiger partial charge is 0.399 e. The third kappa shape index (κ3) is 2.85. The minimum absolute atomic E-state index is 0.127. The van der Waals surface area contributed by atoms with Crippen LogP contribution in [0.5, 0.6) is 0 Å². The first-order chi connectivity index (χ1) is 9.12. The van der Waals surface area contributed by atoms with E-state index in [4.69, 9.17) is 26.6 Å². The Kier molecular flexibility index (Phi) is 3.89. The molecule has 1 fully saturated rings. The molecule has 0 radical (unpaired) electrons. The van der Waals surface area contributed by atoms with Crippen LogP contribution >= 0.6 is 11.6 Å². The normalized spacial score (nSPS) is 20.1. The fourth-order valence-corrected chi connectivity index (χ4v) is 2.28. The van der Waals surface area contributed by atoms with Crippen molar-refractivity contribution in [2.45, 2.75) is 45.3 Å². The molecule has 1 amide bonds. The van der Waals surface area contributed by atoms with Gasteiger partial charge in [0.25, 0.3) is 0 Å². The second-order valence-electron chi connectivity index (χ2n) is 6.08.